The second-order valence-corrected chi connectivity index (χ2v) is 10.0. The molecule has 0 saturated carbocycles. The minimum Gasteiger partial charge on any atom is -0.383 e. The predicted octanol–water partition coefficient (Wildman–Crippen LogP) is 3.68. The summed E-state index contributed by atoms with van der Waals surface area (Å²) < 4.78 is 7.19. The van der Waals surface area contributed by atoms with E-state index in [1.54, 1.807) is 28.4 Å². The molecule has 1 aliphatic heterocycles. The van der Waals surface area contributed by atoms with Crippen LogP contribution in [0.25, 0.3) is 0 Å². The highest BCUT2D eigenvalue weighted by Gasteiger charge is 2.36. The molecule has 2 aromatic rings. The lowest BCUT2D eigenvalue weighted by Gasteiger charge is -2.29. The maximum absolute atomic E-state index is 13.4. The van der Waals surface area contributed by atoms with Crippen LogP contribution in [0.5, 0.6) is 0 Å². The lowest BCUT2D eigenvalue weighted by molar-refractivity contribution is -0.143. The third kappa shape index (κ3) is 5.83. The Morgan fingerprint density at radius 1 is 1.29 bits per heavy atom. The summed E-state index contributed by atoms with van der Waals surface area (Å²) in [6.45, 7) is 6.80. The molecule has 0 N–H and O–H groups in total. The minimum atomic E-state index is -0.188. The number of ether oxygens (including phenoxy) is 1. The summed E-state index contributed by atoms with van der Waals surface area (Å²) in [5.41, 5.74) is 1.77. The highest BCUT2D eigenvalue weighted by Crippen LogP contribution is 2.34. The van der Waals surface area contributed by atoms with Gasteiger partial charge < -0.3 is 14.2 Å². The van der Waals surface area contributed by atoms with E-state index in [2.05, 4.69) is 0 Å². The maximum Gasteiger partial charge on any atom is 0.262 e. The Balaban J connectivity index is 1.83. The fraction of sp³-hybridized carbons (Fsp3) is 0.522. The van der Waals surface area contributed by atoms with E-state index in [1.807, 2.05) is 68.2 Å². The molecule has 0 saturated heterocycles. The number of carbonyl (C=O) groups is 2. The Hall–Kier alpha value is -2.45. The molecule has 0 aliphatic carbocycles. The molecule has 31 heavy (non-hydrogen) atoms. The SMILES string of the molecule is COCCN(CC(=O)N1N=C(c2cccs2)C[C@H]1c1cccn1C)C(=O)CC(C)(C)C. The van der Waals surface area contributed by atoms with Crippen molar-refractivity contribution in [2.75, 3.05) is 26.8 Å². The molecule has 1 aliphatic rings. The van der Waals surface area contributed by atoms with Crippen molar-refractivity contribution in [2.24, 2.45) is 17.6 Å². The van der Waals surface area contributed by atoms with Gasteiger partial charge in [-0.2, -0.15) is 5.10 Å². The zero-order valence-electron chi connectivity index (χ0n) is 19.0. The normalized spacial score (nSPS) is 16.5. The number of hydrogen-bond acceptors (Lipinski definition) is 5. The van der Waals surface area contributed by atoms with Crippen LogP contribution in [0.3, 0.4) is 0 Å². The van der Waals surface area contributed by atoms with E-state index in [0.717, 1.165) is 16.3 Å². The van der Waals surface area contributed by atoms with Gasteiger partial charge in [-0.1, -0.05) is 26.8 Å². The van der Waals surface area contributed by atoms with Gasteiger partial charge in [0.1, 0.15) is 12.6 Å². The minimum absolute atomic E-state index is 0.0135. The van der Waals surface area contributed by atoms with Crippen molar-refractivity contribution in [1.82, 2.24) is 14.5 Å². The largest absolute Gasteiger partial charge is 0.383 e. The van der Waals surface area contributed by atoms with Gasteiger partial charge in [-0.25, -0.2) is 5.01 Å². The van der Waals surface area contributed by atoms with Crippen LogP contribution in [0.4, 0.5) is 0 Å². The average molecular weight is 445 g/mol. The number of thiophene rings is 1. The van der Waals surface area contributed by atoms with Crippen LogP contribution in [0, 0.1) is 5.41 Å². The van der Waals surface area contributed by atoms with Crippen molar-refractivity contribution in [3.05, 3.63) is 46.4 Å². The summed E-state index contributed by atoms with van der Waals surface area (Å²) in [4.78, 5) is 29.0. The van der Waals surface area contributed by atoms with E-state index in [0.29, 0.717) is 26.0 Å². The number of nitrogens with zero attached hydrogens (tertiary/aromatic N) is 4. The predicted molar refractivity (Wildman–Crippen MR) is 123 cm³/mol. The van der Waals surface area contributed by atoms with Crippen molar-refractivity contribution < 1.29 is 14.3 Å². The van der Waals surface area contributed by atoms with E-state index >= 15 is 0 Å². The van der Waals surface area contributed by atoms with Gasteiger partial charge in [0.15, 0.2) is 0 Å². The van der Waals surface area contributed by atoms with Crippen LogP contribution in [0.1, 0.15) is 50.2 Å². The first-order valence-electron chi connectivity index (χ1n) is 10.5. The first kappa shape index (κ1) is 23.2. The topological polar surface area (TPSA) is 67.1 Å². The Morgan fingerprint density at radius 2 is 2.06 bits per heavy atom. The molecule has 0 fully saturated rings. The second kappa shape index (κ2) is 9.78. The van der Waals surface area contributed by atoms with Crippen molar-refractivity contribution in [2.45, 2.75) is 39.7 Å². The van der Waals surface area contributed by atoms with Gasteiger partial charge in [0.2, 0.25) is 5.91 Å². The van der Waals surface area contributed by atoms with E-state index in [9.17, 15) is 9.59 Å². The van der Waals surface area contributed by atoms with Gasteiger partial charge in [0.25, 0.3) is 5.91 Å². The molecule has 0 unspecified atom stereocenters. The molecule has 3 rings (SSSR count). The number of carbonyl (C=O) groups excluding carboxylic acids is 2. The Labute approximate surface area is 188 Å². The zero-order chi connectivity index (χ0) is 22.6. The van der Waals surface area contributed by atoms with E-state index in [1.165, 1.54) is 0 Å². The van der Waals surface area contributed by atoms with Crippen molar-refractivity contribution in [3.8, 4) is 0 Å². The lowest BCUT2D eigenvalue weighted by atomic mass is 9.91. The van der Waals surface area contributed by atoms with Crippen LogP contribution in [-0.4, -0.2) is 58.8 Å². The summed E-state index contributed by atoms with van der Waals surface area (Å²) in [6.07, 6.45) is 2.99. The summed E-state index contributed by atoms with van der Waals surface area (Å²) >= 11 is 1.62. The molecule has 1 atom stereocenters. The number of methoxy groups -OCH3 is 1. The van der Waals surface area contributed by atoms with Gasteiger partial charge in [-0.05, 0) is 29.0 Å². The smallest absolute Gasteiger partial charge is 0.262 e. The second-order valence-electron chi connectivity index (χ2n) is 9.07. The molecule has 7 nitrogen and oxygen atoms in total. The number of hydrazone groups is 1. The molecule has 168 valence electrons. The molecule has 3 heterocycles. The molecule has 8 heteroatoms. The van der Waals surface area contributed by atoms with Gasteiger partial charge in [0, 0.05) is 45.4 Å². The first-order chi connectivity index (χ1) is 14.7. The van der Waals surface area contributed by atoms with Gasteiger partial charge in [-0.15, -0.1) is 11.3 Å². The van der Waals surface area contributed by atoms with E-state index in [-0.39, 0.29) is 29.8 Å². The highest BCUT2D eigenvalue weighted by molar-refractivity contribution is 7.12. The van der Waals surface area contributed by atoms with E-state index in [4.69, 9.17) is 9.84 Å². The third-order valence-electron chi connectivity index (χ3n) is 5.22. The highest BCUT2D eigenvalue weighted by atomic mass is 32.1. The maximum atomic E-state index is 13.4. The molecule has 0 radical (unpaired) electrons. The molecular formula is C23H32N4O3S. The fourth-order valence-electron chi connectivity index (χ4n) is 3.68. The van der Waals surface area contributed by atoms with Crippen molar-refractivity contribution in [1.29, 1.82) is 0 Å². The number of amides is 2. The molecule has 2 aromatic heterocycles. The Bertz CT molecular complexity index is 927. The summed E-state index contributed by atoms with van der Waals surface area (Å²) in [7, 11) is 3.57. The number of rotatable bonds is 8. The average Bonchev–Trinajstić information content (AvgIpc) is 3.42. The standard InChI is InChI=1S/C23H32N4O3S/c1-23(2,3)15-21(28)26(11-12-30-5)16-22(29)27-19(18-8-6-10-25(18)4)14-17(24-27)20-9-7-13-31-20/h6-10,13,19H,11-12,14-16H2,1-5H3/t19-/m0/s1. The van der Waals surface area contributed by atoms with Crippen LogP contribution in [0.2, 0.25) is 0 Å². The van der Waals surface area contributed by atoms with Crippen LogP contribution >= 0.6 is 11.3 Å². The van der Waals surface area contributed by atoms with Gasteiger partial charge >= 0.3 is 0 Å². The van der Waals surface area contributed by atoms with Gasteiger partial charge in [-0.3, -0.25) is 9.59 Å². The van der Waals surface area contributed by atoms with Crippen LogP contribution in [0.15, 0.2) is 40.9 Å². The Morgan fingerprint density at radius 3 is 2.65 bits per heavy atom. The molecular weight excluding hydrogens is 412 g/mol. The third-order valence-corrected chi connectivity index (χ3v) is 6.14. The quantitative estimate of drug-likeness (QED) is 0.624. The molecule has 0 spiro atoms. The van der Waals surface area contributed by atoms with Gasteiger partial charge in [0.05, 0.1) is 17.2 Å². The fourth-order valence-corrected chi connectivity index (χ4v) is 4.40. The van der Waals surface area contributed by atoms with Crippen molar-refractivity contribution in [3.63, 3.8) is 0 Å². The number of aryl methyl sites for hydroxylation is 1. The number of aromatic nitrogens is 1. The molecule has 0 bridgehead atoms. The van der Waals surface area contributed by atoms with Crippen LogP contribution < -0.4 is 0 Å². The first-order valence-corrected chi connectivity index (χ1v) is 11.4. The summed E-state index contributed by atoms with van der Waals surface area (Å²) in [5, 5.41) is 8.28. The monoisotopic (exact) mass is 444 g/mol. The molecule has 2 amide bonds. The lowest BCUT2D eigenvalue weighted by Crippen LogP contribution is -2.43. The molecule has 0 aromatic carbocycles. The summed E-state index contributed by atoms with van der Waals surface area (Å²) in [5.74, 6) is -0.230. The Kier molecular flexibility index (Phi) is 7.33. The zero-order valence-corrected chi connectivity index (χ0v) is 19.8. The summed E-state index contributed by atoms with van der Waals surface area (Å²) in [6, 6.07) is 7.82. The van der Waals surface area contributed by atoms with E-state index < -0.39 is 0 Å². The van der Waals surface area contributed by atoms with Crippen molar-refractivity contribution >= 4 is 28.9 Å². The number of hydrogen-bond donors (Lipinski definition) is 0. The van der Waals surface area contributed by atoms with Crippen LogP contribution in [-0.2, 0) is 21.4 Å².